The van der Waals surface area contributed by atoms with Gasteiger partial charge < -0.3 is 9.47 Å². The molecule has 11 heteroatoms. The number of hydrogen-bond donors (Lipinski definition) is 0. The van der Waals surface area contributed by atoms with Gasteiger partial charge in [-0.05, 0) is 11.6 Å². The van der Waals surface area contributed by atoms with Crippen molar-refractivity contribution < 1.29 is 35.5 Å². The Morgan fingerprint density at radius 3 is 1.95 bits per heavy atom. The van der Waals surface area contributed by atoms with Gasteiger partial charge in [0, 0.05) is 21.8 Å². The summed E-state index contributed by atoms with van der Waals surface area (Å²) in [6.07, 6.45) is -9.77. The van der Waals surface area contributed by atoms with E-state index in [4.69, 9.17) is 22.3 Å². The lowest BCUT2D eigenvalue weighted by Gasteiger charge is -2.32. The summed E-state index contributed by atoms with van der Waals surface area (Å²) in [5.41, 5.74) is -0.190. The van der Waals surface area contributed by atoms with Crippen LogP contribution in [0.15, 0.2) is 12.1 Å². The molecule has 1 aromatic carbocycles. The third-order valence-corrected chi connectivity index (χ3v) is 3.59. The number of ether oxygens (including phenoxy) is 2. The lowest BCUT2D eigenvalue weighted by atomic mass is 10.2. The van der Waals surface area contributed by atoms with Crippen LogP contribution in [0.5, 0.6) is 11.5 Å². The second kappa shape index (κ2) is 4.54. The van der Waals surface area contributed by atoms with Crippen molar-refractivity contribution in [3.63, 3.8) is 0 Å². The van der Waals surface area contributed by atoms with Crippen molar-refractivity contribution >= 4 is 31.3 Å². The molecule has 0 aliphatic carbocycles. The third-order valence-electron chi connectivity index (χ3n) is 2.26. The number of rotatable bonds is 2. The summed E-state index contributed by atoms with van der Waals surface area (Å²) in [4.78, 5) is 0. The van der Waals surface area contributed by atoms with Crippen molar-refractivity contribution in [2.24, 2.45) is 0 Å². The van der Waals surface area contributed by atoms with E-state index in [-0.39, 0.29) is 10.6 Å². The van der Waals surface area contributed by atoms with Crippen molar-refractivity contribution in [1.82, 2.24) is 0 Å². The second-order valence-electron chi connectivity index (χ2n) is 3.81. The van der Waals surface area contributed by atoms with Crippen LogP contribution in [0.4, 0.5) is 17.6 Å². The van der Waals surface area contributed by atoms with E-state index in [1.807, 2.05) is 0 Å². The van der Waals surface area contributed by atoms with E-state index in [9.17, 15) is 26.0 Å². The molecule has 1 heterocycles. The first-order valence-corrected chi connectivity index (χ1v) is 7.65. The molecule has 0 radical (unpaired) electrons. The Labute approximate surface area is 119 Å². The molecule has 0 fully saturated rings. The number of fused-ring (bicyclic) bond motifs is 1. The van der Waals surface area contributed by atoms with Gasteiger partial charge in [-0.1, -0.05) is 11.6 Å². The average Bonchev–Trinajstić information content (AvgIpc) is 2.20. The first kappa shape index (κ1) is 15.5. The maximum atomic E-state index is 13.0. The molecular weight excluding hydrogens is 351 g/mol. The summed E-state index contributed by atoms with van der Waals surface area (Å²) in [6.45, 7) is 0. The Kier molecular flexibility index (Phi) is 3.51. The molecule has 20 heavy (non-hydrogen) atoms. The summed E-state index contributed by atoms with van der Waals surface area (Å²) in [6, 6.07) is 1.50. The fourth-order valence-electron chi connectivity index (χ4n) is 1.43. The molecule has 0 amide bonds. The Bertz CT molecular complexity index is 662. The van der Waals surface area contributed by atoms with E-state index >= 15 is 0 Å². The van der Waals surface area contributed by atoms with Gasteiger partial charge in [0.25, 0.3) is 0 Å². The summed E-state index contributed by atoms with van der Waals surface area (Å²) < 4.78 is 81.2. The van der Waals surface area contributed by atoms with Crippen molar-refractivity contribution in [2.75, 3.05) is 0 Å². The molecule has 0 aromatic heterocycles. The van der Waals surface area contributed by atoms with Crippen molar-refractivity contribution in [3.05, 3.63) is 22.7 Å². The standard InChI is InChI=1S/C9H4Cl2F4O4S/c10-5-2-7-6(1-4(5)3-20(11,16)17)18-8(12,13)9(14,15)19-7/h1-2H,3H2. The van der Waals surface area contributed by atoms with Gasteiger partial charge in [0.15, 0.2) is 11.5 Å². The minimum absolute atomic E-state index is 0.190. The number of hydrogen-bond acceptors (Lipinski definition) is 4. The highest BCUT2D eigenvalue weighted by atomic mass is 35.7. The van der Waals surface area contributed by atoms with Crippen LogP contribution in [0.3, 0.4) is 0 Å². The van der Waals surface area contributed by atoms with Crippen LogP contribution in [0.1, 0.15) is 5.56 Å². The van der Waals surface area contributed by atoms with Gasteiger partial charge in [-0.2, -0.15) is 17.6 Å². The smallest absolute Gasteiger partial charge is 0.421 e. The molecule has 0 spiro atoms. The summed E-state index contributed by atoms with van der Waals surface area (Å²) in [5, 5.41) is -0.294. The lowest BCUT2D eigenvalue weighted by molar-refractivity contribution is -0.391. The summed E-state index contributed by atoms with van der Waals surface area (Å²) >= 11 is 5.64. The fraction of sp³-hybridized carbons (Fsp3) is 0.333. The Morgan fingerprint density at radius 2 is 1.50 bits per heavy atom. The molecule has 2 rings (SSSR count). The monoisotopic (exact) mass is 354 g/mol. The molecule has 1 aliphatic rings. The predicted octanol–water partition coefficient (Wildman–Crippen LogP) is 3.37. The van der Waals surface area contributed by atoms with E-state index in [2.05, 4.69) is 9.47 Å². The molecule has 0 saturated carbocycles. The highest BCUT2D eigenvalue weighted by molar-refractivity contribution is 8.13. The zero-order valence-corrected chi connectivity index (χ0v) is 11.5. The normalized spacial score (nSPS) is 19.7. The Morgan fingerprint density at radius 1 is 1.05 bits per heavy atom. The number of benzene rings is 1. The molecular formula is C9H4Cl2F4O4S. The van der Waals surface area contributed by atoms with E-state index in [1.54, 1.807) is 0 Å². The molecule has 1 aliphatic heterocycles. The van der Waals surface area contributed by atoms with Crippen LogP contribution in [0.2, 0.25) is 5.02 Å². The van der Waals surface area contributed by atoms with Crippen molar-refractivity contribution in [1.29, 1.82) is 0 Å². The second-order valence-corrected chi connectivity index (χ2v) is 7.00. The molecule has 112 valence electrons. The predicted molar refractivity (Wildman–Crippen MR) is 61.1 cm³/mol. The van der Waals surface area contributed by atoms with Crippen LogP contribution in [-0.2, 0) is 14.8 Å². The SMILES string of the molecule is O=S(=O)(Cl)Cc1cc2c(cc1Cl)OC(F)(F)C(F)(F)O2. The third kappa shape index (κ3) is 2.89. The van der Waals surface area contributed by atoms with Crippen LogP contribution in [0, 0.1) is 0 Å². The highest BCUT2D eigenvalue weighted by Gasteiger charge is 2.66. The first-order valence-electron chi connectivity index (χ1n) is 4.80. The Hall–Kier alpha value is -0.930. The van der Waals surface area contributed by atoms with Gasteiger partial charge in [0.1, 0.15) is 0 Å². The molecule has 0 atom stereocenters. The maximum Gasteiger partial charge on any atom is 0.507 e. The van der Waals surface area contributed by atoms with Gasteiger partial charge in [-0.25, -0.2) is 8.42 Å². The zero-order valence-electron chi connectivity index (χ0n) is 9.17. The molecule has 0 bridgehead atoms. The number of alkyl halides is 4. The van der Waals surface area contributed by atoms with E-state index in [0.717, 1.165) is 12.1 Å². The fourth-order valence-corrected chi connectivity index (χ4v) is 2.69. The van der Waals surface area contributed by atoms with Crippen LogP contribution >= 0.6 is 22.3 Å². The molecule has 0 unspecified atom stereocenters. The van der Waals surface area contributed by atoms with Gasteiger partial charge in [-0.3, -0.25) is 0 Å². The highest BCUT2D eigenvalue weighted by Crippen LogP contribution is 2.48. The molecule has 4 nitrogen and oxygen atoms in total. The first-order chi connectivity index (χ1) is 8.91. The van der Waals surface area contributed by atoms with Gasteiger partial charge >= 0.3 is 12.2 Å². The molecule has 1 aromatic rings. The van der Waals surface area contributed by atoms with E-state index in [1.165, 1.54) is 0 Å². The molecule has 0 saturated heterocycles. The van der Waals surface area contributed by atoms with Gasteiger partial charge in [0.05, 0.1) is 5.75 Å². The lowest BCUT2D eigenvalue weighted by Crippen LogP contribution is -2.52. The summed E-state index contributed by atoms with van der Waals surface area (Å²) in [7, 11) is 0.975. The van der Waals surface area contributed by atoms with Gasteiger partial charge in [-0.15, -0.1) is 0 Å². The van der Waals surface area contributed by atoms with Crippen molar-refractivity contribution in [3.8, 4) is 11.5 Å². The maximum absolute atomic E-state index is 13.0. The summed E-state index contributed by atoms with van der Waals surface area (Å²) in [5.74, 6) is -2.28. The molecule has 0 N–H and O–H groups in total. The minimum atomic E-state index is -4.90. The van der Waals surface area contributed by atoms with E-state index in [0.29, 0.717) is 0 Å². The van der Waals surface area contributed by atoms with Crippen LogP contribution in [0.25, 0.3) is 0 Å². The van der Waals surface area contributed by atoms with Crippen molar-refractivity contribution in [2.45, 2.75) is 18.0 Å². The number of halogens is 6. The Balaban J connectivity index is 2.48. The van der Waals surface area contributed by atoms with Crippen LogP contribution < -0.4 is 9.47 Å². The largest absolute Gasteiger partial charge is 0.507 e. The topological polar surface area (TPSA) is 52.6 Å². The van der Waals surface area contributed by atoms with E-state index < -0.39 is 38.5 Å². The zero-order chi connectivity index (χ0) is 15.3. The van der Waals surface area contributed by atoms with Crippen LogP contribution in [-0.4, -0.2) is 20.6 Å². The quantitative estimate of drug-likeness (QED) is 0.603. The minimum Gasteiger partial charge on any atom is -0.421 e. The van der Waals surface area contributed by atoms with Gasteiger partial charge in [0.2, 0.25) is 9.05 Å². The average molecular weight is 355 g/mol.